The number of hydrogen-bond acceptors (Lipinski definition) is 4. The van der Waals surface area contributed by atoms with Gasteiger partial charge in [-0.2, -0.15) is 5.10 Å². The average Bonchev–Trinajstić information content (AvgIpc) is 3.12. The number of amides is 3. The van der Waals surface area contributed by atoms with Crippen molar-refractivity contribution < 1.29 is 9.59 Å². The number of hydrogen-bond donors (Lipinski definition) is 2. The summed E-state index contributed by atoms with van der Waals surface area (Å²) in [4.78, 5) is 39.0. The zero-order valence-electron chi connectivity index (χ0n) is 16.8. The number of benzene rings is 1. The number of nitrogens with zero attached hydrogens (tertiary/aromatic N) is 3. The van der Waals surface area contributed by atoms with Crippen molar-refractivity contribution in [2.45, 2.75) is 51.7 Å². The van der Waals surface area contributed by atoms with Gasteiger partial charge in [0.15, 0.2) is 0 Å². The molecule has 3 amide bonds. The Morgan fingerprint density at radius 3 is 2.57 bits per heavy atom. The van der Waals surface area contributed by atoms with Crippen LogP contribution in [0.15, 0.2) is 29.1 Å². The third kappa shape index (κ3) is 4.16. The van der Waals surface area contributed by atoms with Gasteiger partial charge in [0.05, 0.1) is 17.6 Å². The molecule has 0 radical (unpaired) electrons. The number of fused-ring (bicyclic) bond motifs is 1. The number of aromatic nitrogens is 2. The number of aryl methyl sites for hydroxylation is 1. The lowest BCUT2D eigenvalue weighted by atomic mass is 10.1. The summed E-state index contributed by atoms with van der Waals surface area (Å²) in [7, 11) is 1.59. The van der Waals surface area contributed by atoms with Crippen LogP contribution in [0.4, 0.5) is 4.79 Å². The van der Waals surface area contributed by atoms with Crippen molar-refractivity contribution in [1.82, 2.24) is 25.3 Å². The Balaban J connectivity index is 1.74. The van der Waals surface area contributed by atoms with Crippen LogP contribution in [0, 0.1) is 0 Å². The van der Waals surface area contributed by atoms with Crippen molar-refractivity contribution in [3.8, 4) is 0 Å². The van der Waals surface area contributed by atoms with Crippen LogP contribution in [-0.2, 0) is 18.4 Å². The minimum Gasteiger partial charge on any atom is -0.350 e. The van der Waals surface area contributed by atoms with Gasteiger partial charge in [-0.05, 0) is 39.7 Å². The Bertz CT molecular complexity index is 960. The molecule has 2 N–H and O–H groups in total. The van der Waals surface area contributed by atoms with E-state index in [0.717, 1.165) is 6.42 Å². The molecule has 1 unspecified atom stereocenters. The second-order valence-corrected chi connectivity index (χ2v) is 8.17. The Kier molecular flexibility index (Phi) is 5.40. The molecular formula is C20H27N5O3. The molecule has 1 saturated heterocycles. The predicted molar refractivity (Wildman–Crippen MR) is 107 cm³/mol. The monoisotopic (exact) mass is 385 g/mol. The smallest absolute Gasteiger partial charge is 0.318 e. The van der Waals surface area contributed by atoms with E-state index in [9.17, 15) is 14.4 Å². The summed E-state index contributed by atoms with van der Waals surface area (Å²) in [6.07, 6.45) is 1.44. The average molecular weight is 385 g/mol. The molecule has 1 fully saturated rings. The molecule has 150 valence electrons. The van der Waals surface area contributed by atoms with Crippen molar-refractivity contribution in [1.29, 1.82) is 0 Å². The molecule has 1 aliphatic heterocycles. The maximum Gasteiger partial charge on any atom is 0.318 e. The molecule has 0 aliphatic carbocycles. The number of rotatable bonds is 3. The first-order valence-electron chi connectivity index (χ1n) is 9.49. The van der Waals surface area contributed by atoms with E-state index < -0.39 is 6.04 Å². The highest BCUT2D eigenvalue weighted by molar-refractivity contribution is 5.88. The van der Waals surface area contributed by atoms with Crippen molar-refractivity contribution in [3.05, 3.63) is 40.3 Å². The van der Waals surface area contributed by atoms with Crippen LogP contribution in [0.2, 0.25) is 0 Å². The number of likely N-dealkylation sites (tertiary alicyclic amines) is 1. The van der Waals surface area contributed by atoms with Crippen LogP contribution in [-0.4, -0.2) is 44.7 Å². The molecule has 0 spiro atoms. The molecular weight excluding hydrogens is 358 g/mol. The highest BCUT2D eigenvalue weighted by atomic mass is 16.2. The standard InChI is InChI=1S/C20H27N5O3/c1-20(2,3)22-17(26)16-10-7-11-25(16)19(28)21-12-15-13-8-5-6-9-14(13)18(27)24(4)23-15/h5-6,8-9,16H,7,10-12H2,1-4H3,(H,21,28)(H,22,26). The van der Waals surface area contributed by atoms with Crippen molar-refractivity contribution in [2.24, 2.45) is 7.05 Å². The van der Waals surface area contributed by atoms with Crippen molar-refractivity contribution in [3.63, 3.8) is 0 Å². The van der Waals surface area contributed by atoms with Crippen LogP contribution in [0.25, 0.3) is 10.8 Å². The van der Waals surface area contributed by atoms with Crippen LogP contribution in [0.1, 0.15) is 39.3 Å². The molecule has 28 heavy (non-hydrogen) atoms. The van der Waals surface area contributed by atoms with Gasteiger partial charge in [0.25, 0.3) is 5.56 Å². The third-order valence-corrected chi connectivity index (χ3v) is 4.75. The Labute approximate surface area is 163 Å². The Morgan fingerprint density at radius 1 is 1.21 bits per heavy atom. The molecule has 1 aromatic heterocycles. The Hall–Kier alpha value is -2.90. The lowest BCUT2D eigenvalue weighted by Gasteiger charge is -2.28. The fourth-order valence-corrected chi connectivity index (χ4v) is 3.50. The molecule has 0 bridgehead atoms. The van der Waals surface area contributed by atoms with Gasteiger partial charge >= 0.3 is 6.03 Å². The summed E-state index contributed by atoms with van der Waals surface area (Å²) >= 11 is 0. The van der Waals surface area contributed by atoms with Gasteiger partial charge in [0.1, 0.15) is 6.04 Å². The van der Waals surface area contributed by atoms with Crippen molar-refractivity contribution in [2.75, 3.05) is 6.54 Å². The lowest BCUT2D eigenvalue weighted by molar-refractivity contribution is -0.126. The first kappa shape index (κ1) is 19.9. The highest BCUT2D eigenvalue weighted by Crippen LogP contribution is 2.19. The molecule has 0 saturated carbocycles. The van der Waals surface area contributed by atoms with Gasteiger partial charge in [0, 0.05) is 24.5 Å². The number of nitrogens with one attached hydrogen (secondary N) is 2. The number of urea groups is 1. The third-order valence-electron chi connectivity index (χ3n) is 4.75. The molecule has 2 heterocycles. The second kappa shape index (κ2) is 7.61. The molecule has 1 atom stereocenters. The summed E-state index contributed by atoms with van der Waals surface area (Å²) < 4.78 is 1.28. The van der Waals surface area contributed by atoms with E-state index in [1.54, 1.807) is 24.1 Å². The van der Waals surface area contributed by atoms with E-state index in [4.69, 9.17) is 0 Å². The van der Waals surface area contributed by atoms with Gasteiger partial charge in [-0.25, -0.2) is 9.48 Å². The fraction of sp³-hybridized carbons (Fsp3) is 0.500. The van der Waals surface area contributed by atoms with Crippen LogP contribution >= 0.6 is 0 Å². The molecule has 8 heteroatoms. The van der Waals surface area contributed by atoms with Gasteiger partial charge in [-0.15, -0.1) is 0 Å². The van der Waals surface area contributed by atoms with Gasteiger partial charge < -0.3 is 15.5 Å². The molecule has 3 rings (SSSR count). The minimum atomic E-state index is -0.468. The van der Waals surface area contributed by atoms with Gasteiger partial charge in [-0.1, -0.05) is 18.2 Å². The normalized spacial score (nSPS) is 17.0. The van der Waals surface area contributed by atoms with E-state index in [0.29, 0.717) is 29.4 Å². The summed E-state index contributed by atoms with van der Waals surface area (Å²) in [5.41, 5.74) is 0.0875. The van der Waals surface area contributed by atoms with E-state index in [1.807, 2.05) is 32.9 Å². The quantitative estimate of drug-likeness (QED) is 0.837. The zero-order chi connectivity index (χ0) is 20.5. The highest BCUT2D eigenvalue weighted by Gasteiger charge is 2.35. The van der Waals surface area contributed by atoms with E-state index in [-0.39, 0.29) is 29.6 Å². The van der Waals surface area contributed by atoms with Gasteiger partial charge in [0.2, 0.25) is 5.91 Å². The van der Waals surface area contributed by atoms with Crippen molar-refractivity contribution >= 4 is 22.7 Å². The lowest BCUT2D eigenvalue weighted by Crippen LogP contribution is -2.53. The summed E-state index contributed by atoms with van der Waals surface area (Å²) in [5, 5.41) is 11.4. The largest absolute Gasteiger partial charge is 0.350 e. The minimum absolute atomic E-state index is 0.133. The molecule has 2 aromatic rings. The molecule has 1 aromatic carbocycles. The number of carbonyl (C=O) groups is 2. The van der Waals surface area contributed by atoms with Gasteiger partial charge in [-0.3, -0.25) is 9.59 Å². The van der Waals surface area contributed by atoms with Crippen LogP contribution in [0.5, 0.6) is 0 Å². The first-order valence-corrected chi connectivity index (χ1v) is 9.49. The summed E-state index contributed by atoms with van der Waals surface area (Å²) in [6.45, 7) is 6.47. The van der Waals surface area contributed by atoms with E-state index in [2.05, 4.69) is 15.7 Å². The maximum absolute atomic E-state index is 12.7. The Morgan fingerprint density at radius 2 is 1.89 bits per heavy atom. The SMILES string of the molecule is Cn1nc(CNC(=O)N2CCCC2C(=O)NC(C)(C)C)c2ccccc2c1=O. The maximum atomic E-state index is 12.7. The number of carbonyl (C=O) groups excluding carboxylic acids is 2. The topological polar surface area (TPSA) is 96.3 Å². The summed E-state index contributed by atoms with van der Waals surface area (Å²) in [6, 6.07) is 6.44. The summed E-state index contributed by atoms with van der Waals surface area (Å²) in [5.74, 6) is -0.133. The predicted octanol–water partition coefficient (Wildman–Crippen LogP) is 1.52. The molecule has 8 nitrogen and oxygen atoms in total. The van der Waals surface area contributed by atoms with Crippen LogP contribution < -0.4 is 16.2 Å². The van der Waals surface area contributed by atoms with E-state index >= 15 is 0 Å². The molecule has 1 aliphatic rings. The second-order valence-electron chi connectivity index (χ2n) is 8.17. The first-order chi connectivity index (χ1) is 13.2. The van der Waals surface area contributed by atoms with E-state index in [1.165, 1.54) is 4.68 Å². The fourth-order valence-electron chi connectivity index (χ4n) is 3.50. The van der Waals surface area contributed by atoms with Crippen LogP contribution in [0.3, 0.4) is 0 Å². The zero-order valence-corrected chi connectivity index (χ0v) is 16.8.